The Balaban J connectivity index is 2.70. The summed E-state index contributed by atoms with van der Waals surface area (Å²) in [6.07, 6.45) is 2.99. The minimum absolute atomic E-state index is 0.278. The molecule has 1 rings (SSSR count). The van der Waals surface area contributed by atoms with Crippen molar-refractivity contribution < 1.29 is 5.11 Å². The van der Waals surface area contributed by atoms with Crippen molar-refractivity contribution in [3.63, 3.8) is 0 Å². The van der Waals surface area contributed by atoms with Crippen LogP contribution >= 0.6 is 0 Å². The van der Waals surface area contributed by atoms with Crippen LogP contribution in [-0.4, -0.2) is 16.2 Å². The fraction of sp³-hybridized carbons (Fsp3) is 0.500. The zero-order chi connectivity index (χ0) is 9.84. The van der Waals surface area contributed by atoms with Crippen LogP contribution in [0.15, 0.2) is 12.3 Å². The van der Waals surface area contributed by atoms with E-state index in [0.29, 0.717) is 5.82 Å². The Labute approximate surface area is 78.6 Å². The smallest absolute Gasteiger partial charge is 0.126 e. The minimum atomic E-state index is -0.278. The molecule has 13 heavy (non-hydrogen) atoms. The Morgan fingerprint density at radius 1 is 1.62 bits per heavy atom. The van der Waals surface area contributed by atoms with E-state index in [9.17, 15) is 0 Å². The highest BCUT2D eigenvalue weighted by Crippen LogP contribution is 2.13. The van der Waals surface area contributed by atoms with E-state index in [0.717, 1.165) is 24.0 Å². The summed E-state index contributed by atoms with van der Waals surface area (Å²) in [4.78, 5) is 4.05. The summed E-state index contributed by atoms with van der Waals surface area (Å²) >= 11 is 0. The first kappa shape index (κ1) is 9.99. The third-order valence-corrected chi connectivity index (χ3v) is 1.97. The molecule has 0 saturated heterocycles. The molecule has 0 aliphatic heterocycles. The molecule has 3 nitrogen and oxygen atoms in total. The normalized spacial score (nSPS) is 12.8. The molecule has 1 heterocycles. The first-order valence-electron chi connectivity index (χ1n) is 4.48. The largest absolute Gasteiger partial charge is 0.393 e. The fourth-order valence-electron chi connectivity index (χ4n) is 1.20. The van der Waals surface area contributed by atoms with Crippen molar-refractivity contribution >= 4 is 5.82 Å². The zero-order valence-electron chi connectivity index (χ0n) is 8.12. The molecule has 0 aliphatic carbocycles. The average molecular weight is 180 g/mol. The van der Waals surface area contributed by atoms with E-state index in [4.69, 9.17) is 10.8 Å². The van der Waals surface area contributed by atoms with Crippen molar-refractivity contribution in [1.82, 2.24) is 4.98 Å². The van der Waals surface area contributed by atoms with Gasteiger partial charge in [-0.3, -0.25) is 0 Å². The quantitative estimate of drug-likeness (QED) is 0.736. The van der Waals surface area contributed by atoms with Gasteiger partial charge in [0.25, 0.3) is 0 Å². The van der Waals surface area contributed by atoms with Gasteiger partial charge in [0.15, 0.2) is 0 Å². The van der Waals surface area contributed by atoms with Gasteiger partial charge in [0.05, 0.1) is 6.10 Å². The van der Waals surface area contributed by atoms with Gasteiger partial charge in [-0.15, -0.1) is 0 Å². The first-order chi connectivity index (χ1) is 6.09. The van der Waals surface area contributed by atoms with Crippen LogP contribution in [0.3, 0.4) is 0 Å². The fourth-order valence-corrected chi connectivity index (χ4v) is 1.20. The molecular weight excluding hydrogens is 164 g/mol. The predicted molar refractivity (Wildman–Crippen MR) is 53.4 cm³/mol. The zero-order valence-corrected chi connectivity index (χ0v) is 8.12. The van der Waals surface area contributed by atoms with Crippen LogP contribution in [0, 0.1) is 6.92 Å². The Hall–Kier alpha value is -1.09. The molecule has 3 N–H and O–H groups in total. The summed E-state index contributed by atoms with van der Waals surface area (Å²) in [5, 5.41) is 9.11. The lowest BCUT2D eigenvalue weighted by Crippen LogP contribution is -2.04. The van der Waals surface area contributed by atoms with Crippen molar-refractivity contribution in [2.45, 2.75) is 32.8 Å². The molecule has 0 radical (unpaired) electrons. The summed E-state index contributed by atoms with van der Waals surface area (Å²) in [6, 6.07) is 2.02. The molecule has 1 atom stereocenters. The predicted octanol–water partition coefficient (Wildman–Crippen LogP) is 1.29. The average Bonchev–Trinajstić information content (AvgIpc) is 2.06. The number of aliphatic hydroxyl groups is 1. The topological polar surface area (TPSA) is 59.1 Å². The monoisotopic (exact) mass is 180 g/mol. The molecule has 1 aromatic heterocycles. The molecular formula is C10H16N2O. The Morgan fingerprint density at radius 2 is 2.31 bits per heavy atom. The second-order valence-electron chi connectivity index (χ2n) is 3.44. The lowest BCUT2D eigenvalue weighted by Gasteiger charge is -2.07. The third kappa shape index (κ3) is 3.03. The summed E-state index contributed by atoms with van der Waals surface area (Å²) < 4.78 is 0. The number of rotatable bonds is 3. The molecule has 0 bridgehead atoms. The van der Waals surface area contributed by atoms with E-state index in [1.54, 1.807) is 13.1 Å². The Bertz CT molecular complexity index is 284. The number of pyridine rings is 1. The maximum atomic E-state index is 9.11. The van der Waals surface area contributed by atoms with Crippen molar-refractivity contribution in [2.24, 2.45) is 0 Å². The number of anilines is 1. The van der Waals surface area contributed by atoms with Gasteiger partial charge in [-0.1, -0.05) is 6.07 Å². The molecule has 0 saturated carbocycles. The van der Waals surface area contributed by atoms with Crippen LogP contribution in [0.1, 0.15) is 24.5 Å². The standard InChI is InChI=1S/C10H16N2O/c1-7-5-9(4-3-8(2)13)10(11)12-6-7/h5-6,8,13H,3-4H2,1-2H3,(H2,11,12). The van der Waals surface area contributed by atoms with Crippen molar-refractivity contribution in [3.8, 4) is 0 Å². The maximum absolute atomic E-state index is 9.11. The van der Waals surface area contributed by atoms with Crippen LogP contribution in [0.5, 0.6) is 0 Å². The van der Waals surface area contributed by atoms with E-state index in [-0.39, 0.29) is 6.10 Å². The number of nitrogens with two attached hydrogens (primary N) is 1. The van der Waals surface area contributed by atoms with Crippen LogP contribution < -0.4 is 5.73 Å². The van der Waals surface area contributed by atoms with Gasteiger partial charge in [-0.25, -0.2) is 4.98 Å². The number of hydrogen-bond donors (Lipinski definition) is 2. The van der Waals surface area contributed by atoms with E-state index < -0.39 is 0 Å². The van der Waals surface area contributed by atoms with Gasteiger partial charge in [-0.2, -0.15) is 0 Å². The van der Waals surface area contributed by atoms with Gasteiger partial charge in [-0.05, 0) is 37.8 Å². The lowest BCUT2D eigenvalue weighted by atomic mass is 10.1. The minimum Gasteiger partial charge on any atom is -0.393 e. The van der Waals surface area contributed by atoms with Gasteiger partial charge < -0.3 is 10.8 Å². The molecule has 1 aromatic rings. The second-order valence-corrected chi connectivity index (χ2v) is 3.44. The van der Waals surface area contributed by atoms with Crippen molar-refractivity contribution in [2.75, 3.05) is 5.73 Å². The highest BCUT2D eigenvalue weighted by Gasteiger charge is 2.02. The Kier molecular flexibility index (Phi) is 3.25. The number of hydrogen-bond acceptors (Lipinski definition) is 3. The molecule has 0 fully saturated rings. The molecule has 0 aliphatic rings. The highest BCUT2D eigenvalue weighted by atomic mass is 16.3. The van der Waals surface area contributed by atoms with Crippen LogP contribution in [0.4, 0.5) is 5.82 Å². The Morgan fingerprint density at radius 3 is 2.92 bits per heavy atom. The van der Waals surface area contributed by atoms with Gasteiger partial charge in [0, 0.05) is 6.20 Å². The molecule has 0 aromatic carbocycles. The molecule has 0 spiro atoms. The van der Waals surface area contributed by atoms with E-state index in [2.05, 4.69) is 4.98 Å². The van der Waals surface area contributed by atoms with Crippen molar-refractivity contribution in [1.29, 1.82) is 0 Å². The van der Waals surface area contributed by atoms with E-state index in [1.807, 2.05) is 13.0 Å². The molecule has 1 unspecified atom stereocenters. The van der Waals surface area contributed by atoms with Crippen molar-refractivity contribution in [3.05, 3.63) is 23.4 Å². The number of nitrogen functional groups attached to an aromatic ring is 1. The summed E-state index contributed by atoms with van der Waals surface area (Å²) in [6.45, 7) is 3.76. The number of aromatic nitrogens is 1. The van der Waals surface area contributed by atoms with Crippen LogP contribution in [-0.2, 0) is 6.42 Å². The third-order valence-electron chi connectivity index (χ3n) is 1.97. The van der Waals surface area contributed by atoms with E-state index >= 15 is 0 Å². The molecule has 72 valence electrons. The number of aryl methyl sites for hydroxylation is 2. The second kappa shape index (κ2) is 4.23. The summed E-state index contributed by atoms with van der Waals surface area (Å²) in [5.74, 6) is 0.575. The lowest BCUT2D eigenvalue weighted by molar-refractivity contribution is 0.185. The summed E-state index contributed by atoms with van der Waals surface area (Å²) in [5.41, 5.74) is 7.82. The van der Waals surface area contributed by atoms with Crippen LogP contribution in [0.2, 0.25) is 0 Å². The van der Waals surface area contributed by atoms with Crippen LogP contribution in [0.25, 0.3) is 0 Å². The van der Waals surface area contributed by atoms with Gasteiger partial charge in [0.2, 0.25) is 0 Å². The first-order valence-corrected chi connectivity index (χ1v) is 4.48. The number of nitrogens with zero attached hydrogens (tertiary/aromatic N) is 1. The van der Waals surface area contributed by atoms with Gasteiger partial charge >= 0.3 is 0 Å². The summed E-state index contributed by atoms with van der Waals surface area (Å²) in [7, 11) is 0. The van der Waals surface area contributed by atoms with E-state index in [1.165, 1.54) is 0 Å². The van der Waals surface area contributed by atoms with Gasteiger partial charge in [0.1, 0.15) is 5.82 Å². The maximum Gasteiger partial charge on any atom is 0.126 e. The molecule has 0 amide bonds. The highest BCUT2D eigenvalue weighted by molar-refractivity contribution is 5.40. The molecule has 3 heteroatoms. The SMILES string of the molecule is Cc1cnc(N)c(CCC(C)O)c1. The number of aliphatic hydroxyl groups excluding tert-OH is 1.